The summed E-state index contributed by atoms with van der Waals surface area (Å²) in [5, 5.41) is 10.8. The minimum absolute atomic E-state index is 0.0289. The van der Waals surface area contributed by atoms with Gasteiger partial charge in [0.25, 0.3) is 0 Å². The lowest BCUT2D eigenvalue weighted by Crippen LogP contribution is -2.29. The smallest absolute Gasteiger partial charge is 0.339 e. The van der Waals surface area contributed by atoms with E-state index < -0.39 is 17.9 Å². The number of hydrogen-bond donors (Lipinski definition) is 1. The molecule has 1 N–H and O–H groups in total. The number of hydrogen-bond acceptors (Lipinski definition) is 6. The highest BCUT2D eigenvalue weighted by atomic mass is 16.7. The molecule has 6 heteroatoms. The number of fused-ring (bicyclic) bond motifs is 1. The number of carbonyl (C=O) groups is 2. The first-order chi connectivity index (χ1) is 13.2. The summed E-state index contributed by atoms with van der Waals surface area (Å²) in [6.45, 7) is 9.99. The summed E-state index contributed by atoms with van der Waals surface area (Å²) in [6, 6.07) is 0. The molecule has 0 spiro atoms. The number of phenols is 1. The molecule has 0 aromatic heterocycles. The van der Waals surface area contributed by atoms with E-state index >= 15 is 0 Å². The van der Waals surface area contributed by atoms with Crippen molar-refractivity contribution in [2.75, 3.05) is 13.2 Å². The van der Waals surface area contributed by atoms with Crippen molar-refractivity contribution in [3.05, 3.63) is 27.8 Å². The monoisotopic (exact) mass is 392 g/mol. The molecule has 0 saturated heterocycles. The number of esters is 1. The first-order valence-corrected chi connectivity index (χ1v) is 10.0. The second-order valence-electron chi connectivity index (χ2n) is 7.94. The summed E-state index contributed by atoms with van der Waals surface area (Å²) >= 11 is 0. The fraction of sp³-hybridized carbons (Fsp3) is 0.636. The molecule has 1 aromatic carbocycles. The average molecular weight is 392 g/mol. The lowest BCUT2D eigenvalue weighted by Gasteiger charge is -2.28. The van der Waals surface area contributed by atoms with Crippen molar-refractivity contribution in [1.29, 1.82) is 0 Å². The van der Waals surface area contributed by atoms with E-state index in [1.807, 2.05) is 13.8 Å². The van der Waals surface area contributed by atoms with Gasteiger partial charge in [-0.05, 0) is 77.0 Å². The third kappa shape index (κ3) is 5.11. The third-order valence-corrected chi connectivity index (χ3v) is 4.73. The van der Waals surface area contributed by atoms with Crippen molar-refractivity contribution >= 4 is 12.3 Å². The third-order valence-electron chi connectivity index (χ3n) is 4.73. The van der Waals surface area contributed by atoms with Gasteiger partial charge in [-0.1, -0.05) is 0 Å². The second kappa shape index (κ2) is 9.52. The van der Waals surface area contributed by atoms with Gasteiger partial charge in [-0.3, -0.25) is 4.79 Å². The van der Waals surface area contributed by atoms with E-state index in [0.29, 0.717) is 49.0 Å². The zero-order valence-electron chi connectivity index (χ0n) is 17.6. The highest BCUT2D eigenvalue weighted by Gasteiger charge is 2.32. The predicted octanol–water partition coefficient (Wildman–Crippen LogP) is 3.98. The van der Waals surface area contributed by atoms with E-state index in [2.05, 4.69) is 0 Å². The fourth-order valence-electron chi connectivity index (χ4n) is 3.68. The quantitative estimate of drug-likeness (QED) is 0.409. The Bertz CT molecular complexity index is 711. The summed E-state index contributed by atoms with van der Waals surface area (Å²) in [5.41, 5.74) is 1.75. The van der Waals surface area contributed by atoms with Gasteiger partial charge in [-0.15, -0.1) is 0 Å². The molecular formula is C22H32O6. The molecule has 1 aliphatic rings. The van der Waals surface area contributed by atoms with Gasteiger partial charge in [-0.2, -0.15) is 0 Å². The molecule has 28 heavy (non-hydrogen) atoms. The van der Waals surface area contributed by atoms with Crippen molar-refractivity contribution in [1.82, 2.24) is 0 Å². The van der Waals surface area contributed by atoms with Gasteiger partial charge in [0.15, 0.2) is 12.6 Å². The number of carbonyl (C=O) groups excluding carboxylic acids is 2. The van der Waals surface area contributed by atoms with Crippen molar-refractivity contribution in [3.8, 4) is 5.75 Å². The fourth-order valence-corrected chi connectivity index (χ4v) is 3.68. The molecule has 0 radical (unpaired) electrons. The van der Waals surface area contributed by atoms with Crippen LogP contribution in [0, 0.1) is 0 Å². The first kappa shape index (κ1) is 22.4. The lowest BCUT2D eigenvalue weighted by atomic mass is 9.82. The Morgan fingerprint density at radius 3 is 2.18 bits per heavy atom. The molecule has 0 saturated carbocycles. The summed E-state index contributed by atoms with van der Waals surface area (Å²) in [7, 11) is 0. The van der Waals surface area contributed by atoms with E-state index in [0.717, 1.165) is 18.4 Å². The summed E-state index contributed by atoms with van der Waals surface area (Å²) in [5.74, 6) is -0.505. The van der Waals surface area contributed by atoms with E-state index in [4.69, 9.17) is 14.2 Å². The summed E-state index contributed by atoms with van der Waals surface area (Å²) in [6.07, 6.45) is 3.31. The predicted molar refractivity (Wildman–Crippen MR) is 106 cm³/mol. The molecule has 0 heterocycles. The average Bonchev–Trinajstić information content (AvgIpc) is 2.61. The molecule has 156 valence electrons. The first-order valence-electron chi connectivity index (χ1n) is 10.0. The maximum Gasteiger partial charge on any atom is 0.339 e. The van der Waals surface area contributed by atoms with Crippen LogP contribution < -0.4 is 0 Å². The second-order valence-corrected chi connectivity index (χ2v) is 7.94. The standard InChI is InChI=1S/C22H32O6/c1-6-26-18(27-7-2)12-16-17(13-23)20(24)15-11-9-8-10-14(15)19(16)21(25)28-22(3,4)5/h13,18,24H,6-12H2,1-5H3. The number of aromatic hydroxyl groups is 1. The van der Waals surface area contributed by atoms with Gasteiger partial charge in [0.1, 0.15) is 11.4 Å². The molecule has 2 rings (SSSR count). The van der Waals surface area contributed by atoms with Crippen LogP contribution in [0.4, 0.5) is 0 Å². The summed E-state index contributed by atoms with van der Waals surface area (Å²) in [4.78, 5) is 25.0. The van der Waals surface area contributed by atoms with Gasteiger partial charge < -0.3 is 19.3 Å². The Morgan fingerprint density at radius 2 is 1.68 bits per heavy atom. The summed E-state index contributed by atoms with van der Waals surface area (Å²) < 4.78 is 16.9. The molecule has 0 unspecified atom stereocenters. The molecule has 1 aliphatic carbocycles. The van der Waals surface area contributed by atoms with Crippen LogP contribution in [-0.4, -0.2) is 42.5 Å². The van der Waals surface area contributed by atoms with Crippen LogP contribution in [0.15, 0.2) is 0 Å². The number of rotatable bonds is 8. The van der Waals surface area contributed by atoms with Crippen molar-refractivity contribution < 1.29 is 28.9 Å². The molecular weight excluding hydrogens is 360 g/mol. The zero-order valence-corrected chi connectivity index (χ0v) is 17.6. The van der Waals surface area contributed by atoms with Crippen LogP contribution in [0.1, 0.15) is 84.9 Å². The van der Waals surface area contributed by atoms with Gasteiger partial charge in [-0.25, -0.2) is 4.79 Å². The lowest BCUT2D eigenvalue weighted by molar-refractivity contribution is -0.134. The van der Waals surface area contributed by atoms with Crippen LogP contribution >= 0.6 is 0 Å². The number of aldehydes is 1. The van der Waals surface area contributed by atoms with E-state index in [1.165, 1.54) is 0 Å². The normalized spacial score (nSPS) is 14.1. The molecule has 0 amide bonds. The maximum atomic E-state index is 13.1. The molecule has 0 bridgehead atoms. The molecule has 0 aliphatic heterocycles. The molecule has 1 aromatic rings. The SMILES string of the molecule is CCOC(Cc1c(C=O)c(O)c2c(c1C(=O)OC(C)(C)C)CCCC2)OCC. The Kier molecular flexibility index (Phi) is 7.61. The van der Waals surface area contributed by atoms with Crippen LogP contribution in [0.5, 0.6) is 5.75 Å². The van der Waals surface area contributed by atoms with Gasteiger partial charge >= 0.3 is 5.97 Å². The van der Waals surface area contributed by atoms with Crippen LogP contribution in [0.3, 0.4) is 0 Å². The van der Waals surface area contributed by atoms with E-state index in [-0.39, 0.29) is 17.7 Å². The van der Waals surface area contributed by atoms with Gasteiger partial charge in [0, 0.05) is 19.6 Å². The largest absolute Gasteiger partial charge is 0.507 e. The Balaban J connectivity index is 2.66. The topological polar surface area (TPSA) is 82.1 Å². The van der Waals surface area contributed by atoms with E-state index in [9.17, 15) is 14.7 Å². The number of ether oxygens (including phenoxy) is 3. The van der Waals surface area contributed by atoms with Crippen LogP contribution in [0.2, 0.25) is 0 Å². The maximum absolute atomic E-state index is 13.1. The van der Waals surface area contributed by atoms with Crippen LogP contribution in [-0.2, 0) is 33.5 Å². The van der Waals surface area contributed by atoms with Crippen molar-refractivity contribution in [3.63, 3.8) is 0 Å². The highest BCUT2D eigenvalue weighted by molar-refractivity contribution is 5.98. The number of phenolic OH excluding ortho intramolecular Hbond substituents is 1. The van der Waals surface area contributed by atoms with E-state index in [1.54, 1.807) is 20.8 Å². The highest BCUT2D eigenvalue weighted by Crippen LogP contribution is 2.38. The van der Waals surface area contributed by atoms with Crippen molar-refractivity contribution in [2.45, 2.75) is 78.6 Å². The van der Waals surface area contributed by atoms with Crippen molar-refractivity contribution in [2.24, 2.45) is 0 Å². The van der Waals surface area contributed by atoms with Gasteiger partial charge in [0.05, 0.1) is 11.1 Å². The zero-order chi connectivity index (χ0) is 20.9. The number of benzene rings is 1. The Morgan fingerprint density at radius 1 is 1.11 bits per heavy atom. The Labute approximate surface area is 167 Å². The van der Waals surface area contributed by atoms with Gasteiger partial charge in [0.2, 0.25) is 0 Å². The molecule has 0 fully saturated rings. The molecule has 6 nitrogen and oxygen atoms in total. The minimum Gasteiger partial charge on any atom is -0.507 e. The molecule has 0 atom stereocenters. The minimum atomic E-state index is -0.672. The van der Waals surface area contributed by atoms with Crippen LogP contribution in [0.25, 0.3) is 0 Å². The Hall–Kier alpha value is -1.92.